The van der Waals surface area contributed by atoms with Crippen LogP contribution in [0.3, 0.4) is 0 Å². The van der Waals surface area contributed by atoms with Crippen LogP contribution in [0, 0.1) is 6.92 Å². The number of hydrogen-bond acceptors (Lipinski definition) is 7. The summed E-state index contributed by atoms with van der Waals surface area (Å²) in [7, 11) is -3.60. The van der Waals surface area contributed by atoms with Crippen LogP contribution in [0.1, 0.15) is 12.5 Å². The van der Waals surface area contributed by atoms with Gasteiger partial charge in [0.15, 0.2) is 5.82 Å². The van der Waals surface area contributed by atoms with Crippen LogP contribution in [0.2, 0.25) is 0 Å². The second-order valence-electron chi connectivity index (χ2n) is 5.91. The molecule has 0 aliphatic carbocycles. The van der Waals surface area contributed by atoms with E-state index in [1.807, 2.05) is 13.8 Å². The van der Waals surface area contributed by atoms with Crippen molar-refractivity contribution in [2.45, 2.75) is 18.7 Å². The highest BCUT2D eigenvalue weighted by atomic mass is 32.2. The highest BCUT2D eigenvalue weighted by Crippen LogP contribution is 2.21. The zero-order chi connectivity index (χ0) is 20.0. The predicted molar refractivity (Wildman–Crippen MR) is 105 cm³/mol. The Hall–Kier alpha value is -2.98. The van der Waals surface area contributed by atoms with Crippen molar-refractivity contribution < 1.29 is 13.2 Å². The number of hydrogen-bond donors (Lipinski definition) is 2. The Morgan fingerprint density at radius 3 is 2.64 bits per heavy atom. The molecule has 0 radical (unpaired) electrons. The summed E-state index contributed by atoms with van der Waals surface area (Å²) in [6.45, 7) is 4.80. The van der Waals surface area contributed by atoms with Gasteiger partial charge in [0.1, 0.15) is 11.6 Å². The van der Waals surface area contributed by atoms with Crippen molar-refractivity contribution >= 4 is 15.8 Å². The summed E-state index contributed by atoms with van der Waals surface area (Å²) < 4.78 is 34.5. The molecule has 0 atom stereocenters. The van der Waals surface area contributed by atoms with Gasteiger partial charge in [-0.15, -0.1) is 10.2 Å². The number of rotatable bonds is 9. The Morgan fingerprint density at radius 1 is 1.14 bits per heavy atom. The number of nitrogens with zero attached hydrogens (tertiary/aromatic N) is 4. The lowest BCUT2D eigenvalue weighted by molar-refractivity contribution is 0.337. The van der Waals surface area contributed by atoms with Crippen LogP contribution in [0.25, 0.3) is 5.82 Å². The van der Waals surface area contributed by atoms with E-state index in [-0.39, 0.29) is 11.4 Å². The second kappa shape index (κ2) is 8.81. The lowest BCUT2D eigenvalue weighted by Gasteiger charge is -2.11. The van der Waals surface area contributed by atoms with Crippen LogP contribution >= 0.6 is 0 Å². The fraction of sp³-hybridized carbons (Fsp3) is 0.278. The SMILES string of the molecule is CCOc1ccc(S(=O)(=O)NCCNc2ccc(-n3cccn3)nn2)cc1C. The molecule has 2 aromatic heterocycles. The maximum Gasteiger partial charge on any atom is 0.240 e. The average molecular weight is 402 g/mol. The molecule has 0 unspecified atom stereocenters. The van der Waals surface area contributed by atoms with Gasteiger partial charge in [0.2, 0.25) is 10.0 Å². The molecule has 2 N–H and O–H groups in total. The Morgan fingerprint density at radius 2 is 2.00 bits per heavy atom. The molecule has 1 aromatic carbocycles. The van der Waals surface area contributed by atoms with E-state index in [1.165, 1.54) is 6.07 Å². The normalized spacial score (nSPS) is 11.4. The van der Waals surface area contributed by atoms with Crippen LogP contribution in [-0.2, 0) is 10.0 Å². The van der Waals surface area contributed by atoms with E-state index in [2.05, 4.69) is 25.3 Å². The Kier molecular flexibility index (Phi) is 6.22. The van der Waals surface area contributed by atoms with Gasteiger partial charge >= 0.3 is 0 Å². The molecule has 0 aliphatic heterocycles. The molecule has 2 heterocycles. The topological polar surface area (TPSA) is 111 Å². The minimum absolute atomic E-state index is 0.205. The third-order valence-electron chi connectivity index (χ3n) is 3.87. The molecule has 28 heavy (non-hydrogen) atoms. The van der Waals surface area contributed by atoms with Gasteiger partial charge in [0.25, 0.3) is 0 Å². The molecule has 0 saturated heterocycles. The summed E-state index contributed by atoms with van der Waals surface area (Å²) in [5.41, 5.74) is 0.774. The molecule has 148 valence electrons. The van der Waals surface area contributed by atoms with Crippen molar-refractivity contribution in [2.75, 3.05) is 25.0 Å². The van der Waals surface area contributed by atoms with Crippen molar-refractivity contribution in [1.82, 2.24) is 24.7 Å². The third kappa shape index (κ3) is 4.84. The van der Waals surface area contributed by atoms with Gasteiger partial charge in [-0.3, -0.25) is 0 Å². The first-order chi connectivity index (χ1) is 13.5. The van der Waals surface area contributed by atoms with Gasteiger partial charge in [-0.2, -0.15) is 5.10 Å². The number of nitrogens with one attached hydrogen (secondary N) is 2. The van der Waals surface area contributed by atoms with Gasteiger partial charge in [0, 0.05) is 25.5 Å². The number of anilines is 1. The lowest BCUT2D eigenvalue weighted by Crippen LogP contribution is -2.29. The summed E-state index contributed by atoms with van der Waals surface area (Å²) >= 11 is 0. The minimum atomic E-state index is -3.60. The van der Waals surface area contributed by atoms with E-state index >= 15 is 0 Å². The van der Waals surface area contributed by atoms with Crippen LogP contribution in [0.5, 0.6) is 5.75 Å². The van der Waals surface area contributed by atoms with E-state index in [9.17, 15) is 8.42 Å². The molecule has 10 heteroatoms. The van der Waals surface area contributed by atoms with E-state index in [4.69, 9.17) is 4.74 Å². The highest BCUT2D eigenvalue weighted by Gasteiger charge is 2.15. The van der Waals surface area contributed by atoms with Gasteiger partial charge in [-0.25, -0.2) is 17.8 Å². The molecule has 0 fully saturated rings. The predicted octanol–water partition coefficient (Wildman–Crippen LogP) is 1.76. The first-order valence-electron chi connectivity index (χ1n) is 8.80. The Labute approximate surface area is 163 Å². The Balaban J connectivity index is 1.52. The number of aromatic nitrogens is 4. The van der Waals surface area contributed by atoms with Crippen molar-refractivity contribution in [3.05, 3.63) is 54.4 Å². The third-order valence-corrected chi connectivity index (χ3v) is 5.33. The summed E-state index contributed by atoms with van der Waals surface area (Å²) in [4.78, 5) is 0.205. The van der Waals surface area contributed by atoms with E-state index in [0.717, 1.165) is 5.56 Å². The van der Waals surface area contributed by atoms with Crippen LogP contribution in [0.15, 0.2) is 53.7 Å². The quantitative estimate of drug-likeness (QED) is 0.525. The molecule has 0 spiro atoms. The van der Waals surface area contributed by atoms with E-state index in [1.54, 1.807) is 47.4 Å². The number of sulfonamides is 1. The lowest BCUT2D eigenvalue weighted by atomic mass is 10.2. The number of benzene rings is 1. The highest BCUT2D eigenvalue weighted by molar-refractivity contribution is 7.89. The minimum Gasteiger partial charge on any atom is -0.494 e. The van der Waals surface area contributed by atoms with Crippen LogP contribution in [0.4, 0.5) is 5.82 Å². The van der Waals surface area contributed by atoms with Crippen molar-refractivity contribution in [1.29, 1.82) is 0 Å². The smallest absolute Gasteiger partial charge is 0.240 e. The fourth-order valence-electron chi connectivity index (χ4n) is 2.51. The average Bonchev–Trinajstić information content (AvgIpc) is 3.22. The largest absolute Gasteiger partial charge is 0.494 e. The maximum atomic E-state index is 12.4. The van der Waals surface area contributed by atoms with Crippen LogP contribution < -0.4 is 14.8 Å². The molecule has 9 nitrogen and oxygen atoms in total. The van der Waals surface area contributed by atoms with E-state index in [0.29, 0.717) is 30.5 Å². The monoisotopic (exact) mass is 402 g/mol. The summed E-state index contributed by atoms with van der Waals surface area (Å²) in [5, 5.41) is 15.2. The Bertz CT molecular complexity index is 1000. The number of aryl methyl sites for hydroxylation is 1. The summed E-state index contributed by atoms with van der Waals surface area (Å²) in [6, 6.07) is 10.1. The zero-order valence-electron chi connectivity index (χ0n) is 15.7. The first-order valence-corrected chi connectivity index (χ1v) is 10.3. The van der Waals surface area contributed by atoms with Crippen molar-refractivity contribution in [3.8, 4) is 11.6 Å². The molecule has 3 aromatic rings. The summed E-state index contributed by atoms with van der Waals surface area (Å²) in [6.07, 6.45) is 3.43. The molecule has 0 aliphatic rings. The van der Waals surface area contributed by atoms with Gasteiger partial charge in [-0.05, 0) is 55.8 Å². The van der Waals surface area contributed by atoms with Gasteiger partial charge in [0.05, 0.1) is 11.5 Å². The van der Waals surface area contributed by atoms with Crippen molar-refractivity contribution in [2.24, 2.45) is 0 Å². The summed E-state index contributed by atoms with van der Waals surface area (Å²) in [5.74, 6) is 1.83. The number of ether oxygens (including phenoxy) is 1. The molecular weight excluding hydrogens is 380 g/mol. The van der Waals surface area contributed by atoms with Gasteiger partial charge in [-0.1, -0.05) is 0 Å². The molecule has 0 bridgehead atoms. The fourth-order valence-corrected chi connectivity index (χ4v) is 3.63. The first kappa shape index (κ1) is 19.8. The zero-order valence-corrected chi connectivity index (χ0v) is 16.5. The standard InChI is InChI=1S/C18H22N6O3S/c1-3-27-16-6-5-15(13-14(16)2)28(25,26)21-11-10-19-17-7-8-18(23-22-17)24-12-4-9-20-24/h4-9,12-13,21H,3,10-11H2,1-2H3,(H,19,22). The van der Waals surface area contributed by atoms with E-state index < -0.39 is 10.0 Å². The van der Waals surface area contributed by atoms with Gasteiger partial charge < -0.3 is 10.1 Å². The van der Waals surface area contributed by atoms with Crippen LogP contribution in [-0.4, -0.2) is 48.1 Å². The molecule has 0 saturated carbocycles. The molecule has 0 amide bonds. The second-order valence-corrected chi connectivity index (χ2v) is 7.68. The molecule has 3 rings (SSSR count). The van der Waals surface area contributed by atoms with Crippen molar-refractivity contribution in [3.63, 3.8) is 0 Å². The maximum absolute atomic E-state index is 12.4. The molecular formula is C18H22N6O3S.